The zero-order chi connectivity index (χ0) is 18.1. The summed E-state index contributed by atoms with van der Waals surface area (Å²) in [7, 11) is 0. The van der Waals surface area contributed by atoms with Gasteiger partial charge in [0.1, 0.15) is 5.01 Å². The molecule has 136 valence electrons. The van der Waals surface area contributed by atoms with Gasteiger partial charge in [0.15, 0.2) is 0 Å². The summed E-state index contributed by atoms with van der Waals surface area (Å²) in [6.45, 7) is 3.22. The lowest BCUT2D eigenvalue weighted by Gasteiger charge is -2.40. The molecule has 0 atom stereocenters. The smallest absolute Gasteiger partial charge is 0.321 e. The second kappa shape index (κ2) is 6.60. The SMILES string of the molecule is Cc1csc(C2(NC(=O)Nc3cccc(N4CCNC4=O)c3)CCC2)n1. The fourth-order valence-electron chi connectivity index (χ4n) is 3.35. The van der Waals surface area contributed by atoms with Crippen LogP contribution in [0.2, 0.25) is 0 Å². The Kier molecular flexibility index (Phi) is 4.28. The van der Waals surface area contributed by atoms with E-state index in [0.29, 0.717) is 18.8 Å². The van der Waals surface area contributed by atoms with Crippen molar-refractivity contribution >= 4 is 34.8 Å². The topological polar surface area (TPSA) is 86.4 Å². The second-order valence-corrected chi connectivity index (χ2v) is 7.60. The molecule has 0 spiro atoms. The molecular formula is C18H21N5O2S. The van der Waals surface area contributed by atoms with Gasteiger partial charge in [0, 0.05) is 35.5 Å². The van der Waals surface area contributed by atoms with Crippen LogP contribution in [0.1, 0.15) is 30.0 Å². The van der Waals surface area contributed by atoms with Crippen LogP contribution in [0, 0.1) is 6.92 Å². The predicted octanol–water partition coefficient (Wildman–Crippen LogP) is 3.18. The van der Waals surface area contributed by atoms with Crippen molar-refractivity contribution in [2.45, 2.75) is 31.7 Å². The van der Waals surface area contributed by atoms with Crippen molar-refractivity contribution in [2.24, 2.45) is 0 Å². The molecule has 0 radical (unpaired) electrons. The van der Waals surface area contributed by atoms with E-state index in [1.165, 1.54) is 0 Å². The summed E-state index contributed by atoms with van der Waals surface area (Å²) < 4.78 is 0. The normalized spacial score (nSPS) is 18.2. The Morgan fingerprint density at radius 3 is 2.85 bits per heavy atom. The molecule has 1 aliphatic heterocycles. The van der Waals surface area contributed by atoms with Crippen molar-refractivity contribution in [3.8, 4) is 0 Å². The van der Waals surface area contributed by atoms with Gasteiger partial charge in [-0.2, -0.15) is 0 Å². The van der Waals surface area contributed by atoms with Gasteiger partial charge in [-0.1, -0.05) is 6.07 Å². The van der Waals surface area contributed by atoms with E-state index in [9.17, 15) is 9.59 Å². The fourth-order valence-corrected chi connectivity index (χ4v) is 4.36. The molecule has 4 rings (SSSR count). The molecule has 4 amide bonds. The summed E-state index contributed by atoms with van der Waals surface area (Å²) in [6.07, 6.45) is 2.89. The number of nitrogens with one attached hydrogen (secondary N) is 3. The van der Waals surface area contributed by atoms with Gasteiger partial charge in [0.05, 0.1) is 5.54 Å². The fraction of sp³-hybridized carbons (Fsp3) is 0.389. The summed E-state index contributed by atoms with van der Waals surface area (Å²) in [6, 6.07) is 6.96. The molecule has 1 aliphatic carbocycles. The quantitative estimate of drug-likeness (QED) is 0.771. The number of carbonyl (C=O) groups excluding carboxylic acids is 2. The number of hydrogen-bond acceptors (Lipinski definition) is 4. The zero-order valence-corrected chi connectivity index (χ0v) is 15.4. The van der Waals surface area contributed by atoms with Gasteiger partial charge in [0.2, 0.25) is 0 Å². The molecular weight excluding hydrogens is 350 g/mol. The third-order valence-corrected chi connectivity index (χ3v) is 6.03. The van der Waals surface area contributed by atoms with Crippen molar-refractivity contribution < 1.29 is 9.59 Å². The van der Waals surface area contributed by atoms with Gasteiger partial charge in [-0.15, -0.1) is 11.3 Å². The Labute approximate surface area is 155 Å². The summed E-state index contributed by atoms with van der Waals surface area (Å²) in [5.74, 6) is 0. The number of hydrogen-bond donors (Lipinski definition) is 3. The lowest BCUT2D eigenvalue weighted by Crippen LogP contribution is -2.52. The number of rotatable bonds is 4. The highest BCUT2D eigenvalue weighted by Gasteiger charge is 2.42. The van der Waals surface area contributed by atoms with Gasteiger partial charge in [0.25, 0.3) is 0 Å². The maximum Gasteiger partial charge on any atom is 0.321 e. The molecule has 26 heavy (non-hydrogen) atoms. The number of thiazole rings is 1. The number of carbonyl (C=O) groups is 2. The first-order valence-electron chi connectivity index (χ1n) is 8.73. The highest BCUT2D eigenvalue weighted by molar-refractivity contribution is 7.09. The van der Waals surface area contributed by atoms with Crippen molar-refractivity contribution in [1.82, 2.24) is 15.6 Å². The number of amides is 4. The van der Waals surface area contributed by atoms with Gasteiger partial charge in [-0.25, -0.2) is 14.6 Å². The van der Waals surface area contributed by atoms with E-state index in [4.69, 9.17) is 0 Å². The van der Waals surface area contributed by atoms with E-state index in [2.05, 4.69) is 20.9 Å². The molecule has 2 aliphatic rings. The first kappa shape index (κ1) is 16.8. The van der Waals surface area contributed by atoms with Crippen LogP contribution in [0.5, 0.6) is 0 Å². The minimum absolute atomic E-state index is 0.112. The molecule has 0 bridgehead atoms. The van der Waals surface area contributed by atoms with Crippen LogP contribution in [0.4, 0.5) is 21.0 Å². The molecule has 2 aromatic rings. The standard InChI is InChI=1S/C18H21N5O2S/c1-12-11-26-15(20-12)18(6-3-7-18)22-16(24)21-13-4-2-5-14(10-13)23-9-8-19-17(23)25/h2,4-5,10-11H,3,6-9H2,1H3,(H,19,25)(H2,21,22,24). The molecule has 1 aromatic heterocycles. The van der Waals surface area contributed by atoms with Gasteiger partial charge >= 0.3 is 12.1 Å². The Balaban J connectivity index is 1.46. The van der Waals surface area contributed by atoms with Crippen molar-refractivity contribution in [2.75, 3.05) is 23.3 Å². The number of nitrogens with zero attached hydrogens (tertiary/aromatic N) is 2. The van der Waals surface area contributed by atoms with Crippen molar-refractivity contribution in [3.63, 3.8) is 0 Å². The monoisotopic (exact) mass is 371 g/mol. The molecule has 0 unspecified atom stereocenters. The van der Waals surface area contributed by atoms with Crippen LogP contribution in [-0.2, 0) is 5.54 Å². The third kappa shape index (κ3) is 3.12. The predicted molar refractivity (Wildman–Crippen MR) is 102 cm³/mol. The molecule has 2 heterocycles. The minimum atomic E-state index is -0.352. The first-order valence-corrected chi connectivity index (χ1v) is 9.61. The zero-order valence-electron chi connectivity index (χ0n) is 14.5. The Bertz CT molecular complexity index is 846. The van der Waals surface area contributed by atoms with Crippen LogP contribution in [-0.4, -0.2) is 30.1 Å². The maximum atomic E-state index is 12.6. The minimum Gasteiger partial charge on any atom is -0.336 e. The van der Waals surface area contributed by atoms with E-state index in [0.717, 1.165) is 35.7 Å². The Hall–Kier alpha value is -2.61. The molecule has 3 N–H and O–H groups in total. The van der Waals surface area contributed by atoms with Gasteiger partial charge in [-0.3, -0.25) is 4.90 Å². The molecule has 1 saturated carbocycles. The van der Waals surface area contributed by atoms with Crippen molar-refractivity contribution in [1.29, 1.82) is 0 Å². The number of aromatic nitrogens is 1. The molecule has 7 nitrogen and oxygen atoms in total. The number of urea groups is 2. The highest BCUT2D eigenvalue weighted by Crippen LogP contribution is 2.42. The molecule has 8 heteroatoms. The number of anilines is 2. The number of benzene rings is 1. The average Bonchev–Trinajstić information content (AvgIpc) is 3.20. The molecule has 1 aromatic carbocycles. The Morgan fingerprint density at radius 2 is 2.23 bits per heavy atom. The summed E-state index contributed by atoms with van der Waals surface area (Å²) in [4.78, 5) is 30.6. The average molecular weight is 371 g/mol. The van der Waals surface area contributed by atoms with E-state index >= 15 is 0 Å². The first-order chi connectivity index (χ1) is 12.6. The number of aryl methyl sites for hydroxylation is 1. The Morgan fingerprint density at radius 1 is 1.38 bits per heavy atom. The summed E-state index contributed by atoms with van der Waals surface area (Å²) in [5, 5.41) is 11.8. The third-order valence-electron chi connectivity index (χ3n) is 4.86. The molecule has 1 saturated heterocycles. The van der Waals surface area contributed by atoms with E-state index < -0.39 is 0 Å². The lowest BCUT2D eigenvalue weighted by molar-refractivity contribution is 0.184. The summed E-state index contributed by atoms with van der Waals surface area (Å²) in [5.41, 5.74) is 2.06. The van der Waals surface area contributed by atoms with Crippen molar-refractivity contribution in [3.05, 3.63) is 40.3 Å². The van der Waals surface area contributed by atoms with Crippen LogP contribution < -0.4 is 20.9 Å². The van der Waals surface area contributed by atoms with E-state index in [1.54, 1.807) is 16.2 Å². The van der Waals surface area contributed by atoms with Gasteiger partial charge < -0.3 is 16.0 Å². The van der Waals surface area contributed by atoms with E-state index in [1.807, 2.05) is 36.6 Å². The van der Waals surface area contributed by atoms with Crippen LogP contribution >= 0.6 is 11.3 Å². The second-order valence-electron chi connectivity index (χ2n) is 6.74. The maximum absolute atomic E-state index is 12.6. The highest BCUT2D eigenvalue weighted by atomic mass is 32.1. The molecule has 2 fully saturated rings. The van der Waals surface area contributed by atoms with E-state index in [-0.39, 0.29) is 17.6 Å². The lowest BCUT2D eigenvalue weighted by atomic mass is 9.77. The summed E-state index contributed by atoms with van der Waals surface area (Å²) >= 11 is 1.60. The van der Waals surface area contributed by atoms with Crippen LogP contribution in [0.25, 0.3) is 0 Å². The largest absolute Gasteiger partial charge is 0.336 e. The van der Waals surface area contributed by atoms with Crippen LogP contribution in [0.3, 0.4) is 0 Å². The van der Waals surface area contributed by atoms with Crippen LogP contribution in [0.15, 0.2) is 29.6 Å². The van der Waals surface area contributed by atoms with Gasteiger partial charge in [-0.05, 0) is 44.4 Å².